The largest absolute Gasteiger partial charge is 0.355 e. The lowest BCUT2D eigenvalue weighted by Gasteiger charge is -2.15. The van der Waals surface area contributed by atoms with E-state index in [2.05, 4.69) is 40.9 Å². The van der Waals surface area contributed by atoms with E-state index in [1.807, 2.05) is 0 Å². The molecule has 21 heavy (non-hydrogen) atoms. The summed E-state index contributed by atoms with van der Waals surface area (Å²) in [6.07, 6.45) is 4.14. The van der Waals surface area contributed by atoms with Gasteiger partial charge in [0.15, 0.2) is 0 Å². The molecular weight excluding hydrogens is 292 g/mol. The summed E-state index contributed by atoms with van der Waals surface area (Å²) in [5.74, 6) is 0.483. The van der Waals surface area contributed by atoms with E-state index >= 15 is 0 Å². The number of hydrogen-bond donors (Lipinski definition) is 2. The zero-order chi connectivity index (χ0) is 14.7. The number of nitrogens with zero attached hydrogens (tertiary/aromatic N) is 6. The van der Waals surface area contributed by atoms with E-state index in [0.29, 0.717) is 16.2 Å². The fourth-order valence-corrected chi connectivity index (χ4v) is 2.87. The second-order valence-electron chi connectivity index (χ2n) is 4.61. The molecule has 1 atom stereocenters. The molecule has 0 bridgehead atoms. The molecule has 0 saturated carbocycles. The molecule has 0 unspecified atom stereocenters. The molecule has 9 nitrogen and oxygen atoms in total. The number of hydrogen-bond acceptors (Lipinski definition) is 9. The van der Waals surface area contributed by atoms with Crippen LogP contribution in [0, 0.1) is 0 Å². The molecule has 0 spiro atoms. The van der Waals surface area contributed by atoms with Crippen molar-refractivity contribution in [1.29, 1.82) is 0 Å². The van der Waals surface area contributed by atoms with Gasteiger partial charge in [0.1, 0.15) is 0 Å². The molecule has 0 aromatic carbocycles. The topological polar surface area (TPSA) is 109 Å². The molecule has 3 rings (SSSR count). The number of anilines is 3. The Labute approximate surface area is 124 Å². The third-order valence-electron chi connectivity index (χ3n) is 2.98. The maximum atomic E-state index is 10.9. The lowest BCUT2D eigenvalue weighted by atomic mass is 10.3. The minimum absolute atomic E-state index is 0.154. The van der Waals surface area contributed by atoms with Crippen LogP contribution < -0.4 is 15.5 Å². The Hall–Kier alpha value is -2.36. The lowest BCUT2D eigenvalue weighted by molar-refractivity contribution is -0.114. The van der Waals surface area contributed by atoms with Crippen molar-refractivity contribution in [3.63, 3.8) is 0 Å². The van der Waals surface area contributed by atoms with Crippen LogP contribution in [0.3, 0.4) is 0 Å². The highest BCUT2D eigenvalue weighted by Gasteiger charge is 2.25. The Bertz CT molecular complexity index is 618. The van der Waals surface area contributed by atoms with Crippen molar-refractivity contribution in [2.45, 2.75) is 19.4 Å². The lowest BCUT2D eigenvalue weighted by Crippen LogP contribution is -2.27. The Kier molecular flexibility index (Phi) is 3.86. The number of rotatable bonds is 4. The van der Waals surface area contributed by atoms with Gasteiger partial charge in [-0.15, -0.1) is 15.3 Å². The second-order valence-corrected chi connectivity index (χ2v) is 5.59. The molecule has 2 aromatic rings. The van der Waals surface area contributed by atoms with Crippen LogP contribution in [0.1, 0.15) is 13.3 Å². The summed E-state index contributed by atoms with van der Waals surface area (Å²) in [7, 11) is 0. The van der Waals surface area contributed by atoms with Crippen molar-refractivity contribution in [2.75, 3.05) is 28.6 Å². The van der Waals surface area contributed by atoms with Crippen LogP contribution in [-0.2, 0) is 4.79 Å². The first-order valence-electron chi connectivity index (χ1n) is 6.47. The second kappa shape index (κ2) is 5.95. The molecular formula is C11H14N8OS. The highest BCUT2D eigenvalue weighted by molar-refractivity contribution is 7.19. The first-order valence-corrected chi connectivity index (χ1v) is 7.28. The van der Waals surface area contributed by atoms with Gasteiger partial charge in [0, 0.05) is 26.1 Å². The van der Waals surface area contributed by atoms with Crippen LogP contribution in [0.5, 0.6) is 0 Å². The van der Waals surface area contributed by atoms with Crippen molar-refractivity contribution < 1.29 is 4.79 Å². The van der Waals surface area contributed by atoms with Crippen LogP contribution >= 0.6 is 11.3 Å². The van der Waals surface area contributed by atoms with Crippen molar-refractivity contribution in [2.24, 2.45) is 0 Å². The normalized spacial score (nSPS) is 17.8. The molecule has 1 amide bonds. The Balaban J connectivity index is 1.57. The highest BCUT2D eigenvalue weighted by atomic mass is 32.1. The van der Waals surface area contributed by atoms with E-state index in [1.54, 1.807) is 12.4 Å². The Morgan fingerprint density at radius 1 is 1.33 bits per heavy atom. The van der Waals surface area contributed by atoms with E-state index in [1.165, 1.54) is 18.3 Å². The third-order valence-corrected chi connectivity index (χ3v) is 3.75. The molecule has 1 aliphatic heterocycles. The van der Waals surface area contributed by atoms with Gasteiger partial charge < -0.3 is 15.5 Å². The number of carbonyl (C=O) groups excluding carboxylic acids is 1. The SMILES string of the molecule is CC(=O)Nc1nnc(N[C@@H]2CCN(c3nccnn3)C2)s1. The van der Waals surface area contributed by atoms with Gasteiger partial charge in [0.05, 0.1) is 12.4 Å². The van der Waals surface area contributed by atoms with Crippen molar-refractivity contribution in [3.05, 3.63) is 12.4 Å². The van der Waals surface area contributed by atoms with Gasteiger partial charge in [-0.3, -0.25) is 4.79 Å². The number of aromatic nitrogens is 5. The summed E-state index contributed by atoms with van der Waals surface area (Å²) in [4.78, 5) is 17.2. The van der Waals surface area contributed by atoms with Crippen molar-refractivity contribution in [3.8, 4) is 0 Å². The Morgan fingerprint density at radius 2 is 2.19 bits per heavy atom. The van der Waals surface area contributed by atoms with Gasteiger partial charge >= 0.3 is 0 Å². The van der Waals surface area contributed by atoms with E-state index in [-0.39, 0.29) is 11.9 Å². The number of amides is 1. The summed E-state index contributed by atoms with van der Waals surface area (Å²) in [5, 5.41) is 22.9. The van der Waals surface area contributed by atoms with Crippen LogP contribution in [-0.4, -0.2) is 50.4 Å². The highest BCUT2D eigenvalue weighted by Crippen LogP contribution is 2.23. The Morgan fingerprint density at radius 3 is 2.95 bits per heavy atom. The molecule has 0 radical (unpaired) electrons. The van der Waals surface area contributed by atoms with Crippen LogP contribution in [0.25, 0.3) is 0 Å². The minimum Gasteiger partial charge on any atom is -0.355 e. The van der Waals surface area contributed by atoms with Crippen LogP contribution in [0.15, 0.2) is 12.4 Å². The van der Waals surface area contributed by atoms with E-state index in [4.69, 9.17) is 0 Å². The quantitative estimate of drug-likeness (QED) is 0.834. The molecule has 0 aliphatic carbocycles. The molecule has 2 N–H and O–H groups in total. The van der Waals surface area contributed by atoms with Crippen molar-refractivity contribution in [1.82, 2.24) is 25.4 Å². The average Bonchev–Trinajstić information content (AvgIpc) is 3.09. The summed E-state index contributed by atoms with van der Waals surface area (Å²) in [6.45, 7) is 3.08. The van der Waals surface area contributed by atoms with Crippen LogP contribution in [0.2, 0.25) is 0 Å². The fourth-order valence-electron chi connectivity index (χ4n) is 2.10. The van der Waals surface area contributed by atoms with Gasteiger partial charge in [0.25, 0.3) is 0 Å². The summed E-state index contributed by atoms with van der Waals surface area (Å²) in [5.41, 5.74) is 0. The molecule has 110 valence electrons. The van der Waals surface area contributed by atoms with Crippen LogP contribution in [0.4, 0.5) is 16.2 Å². The number of nitrogens with one attached hydrogen (secondary N) is 2. The van der Waals surface area contributed by atoms with Gasteiger partial charge in [-0.1, -0.05) is 11.3 Å². The molecule has 3 heterocycles. The van der Waals surface area contributed by atoms with Gasteiger partial charge in [-0.25, -0.2) is 4.98 Å². The summed E-state index contributed by atoms with van der Waals surface area (Å²) >= 11 is 1.32. The molecule has 1 saturated heterocycles. The summed E-state index contributed by atoms with van der Waals surface area (Å²) < 4.78 is 0. The molecule has 1 aliphatic rings. The first kappa shape index (κ1) is 13.6. The molecule has 1 fully saturated rings. The zero-order valence-corrected chi connectivity index (χ0v) is 12.2. The maximum absolute atomic E-state index is 10.9. The van der Waals surface area contributed by atoms with E-state index in [9.17, 15) is 4.79 Å². The predicted octanol–water partition coefficient (Wildman–Crippen LogP) is 0.372. The van der Waals surface area contributed by atoms with E-state index in [0.717, 1.165) is 19.5 Å². The van der Waals surface area contributed by atoms with Crippen molar-refractivity contribution >= 4 is 33.5 Å². The van der Waals surface area contributed by atoms with Gasteiger partial charge in [-0.2, -0.15) is 5.10 Å². The monoisotopic (exact) mass is 306 g/mol. The number of carbonyl (C=O) groups is 1. The zero-order valence-electron chi connectivity index (χ0n) is 11.4. The first-order chi connectivity index (χ1) is 10.2. The standard InChI is InChI=1S/C11H14N8OS/c1-7(20)14-10-17-18-11(21-10)15-8-2-5-19(6-8)9-12-3-4-13-16-9/h3-4,8H,2,5-6H2,1H3,(H,15,18)(H,14,17,20)/t8-/m1/s1. The molecule has 2 aromatic heterocycles. The third kappa shape index (κ3) is 3.40. The van der Waals surface area contributed by atoms with Gasteiger partial charge in [-0.05, 0) is 6.42 Å². The maximum Gasteiger partial charge on any atom is 0.245 e. The van der Waals surface area contributed by atoms with Gasteiger partial charge in [0.2, 0.25) is 22.1 Å². The predicted molar refractivity (Wildman–Crippen MR) is 78.3 cm³/mol. The summed E-state index contributed by atoms with van der Waals surface area (Å²) in [6, 6.07) is 0.243. The fraction of sp³-hybridized carbons (Fsp3) is 0.455. The minimum atomic E-state index is -0.154. The smallest absolute Gasteiger partial charge is 0.245 e. The molecule has 10 heteroatoms. The van der Waals surface area contributed by atoms with E-state index < -0.39 is 0 Å². The average molecular weight is 306 g/mol.